The number of ether oxygens (including phenoxy) is 2. The first kappa shape index (κ1) is 9.03. The third kappa shape index (κ3) is 1.29. The molecular formula is C8H12O4. The van der Waals surface area contributed by atoms with Gasteiger partial charge in [0.15, 0.2) is 5.92 Å². The van der Waals surface area contributed by atoms with E-state index < -0.39 is 23.3 Å². The number of carbonyl (C=O) groups is 2. The fourth-order valence-corrected chi connectivity index (χ4v) is 1.28. The summed E-state index contributed by atoms with van der Waals surface area (Å²) in [6.45, 7) is 3.89. The van der Waals surface area contributed by atoms with Gasteiger partial charge in [-0.1, -0.05) is 13.8 Å². The van der Waals surface area contributed by atoms with Crippen molar-refractivity contribution in [2.24, 2.45) is 11.3 Å². The SMILES string of the molecule is COC(=O)C1C(=O)OCC1(C)C. The molecule has 0 amide bonds. The van der Waals surface area contributed by atoms with Crippen LogP contribution in [0.3, 0.4) is 0 Å². The molecule has 1 aliphatic heterocycles. The summed E-state index contributed by atoms with van der Waals surface area (Å²) in [6.07, 6.45) is 0. The topological polar surface area (TPSA) is 52.6 Å². The summed E-state index contributed by atoms with van der Waals surface area (Å²) in [4.78, 5) is 22.2. The molecule has 0 aromatic rings. The van der Waals surface area contributed by atoms with E-state index in [0.29, 0.717) is 0 Å². The summed E-state index contributed by atoms with van der Waals surface area (Å²) in [5.41, 5.74) is -0.440. The Labute approximate surface area is 70.8 Å². The predicted octanol–water partition coefficient (Wildman–Crippen LogP) is 0.359. The maximum absolute atomic E-state index is 11.1. The van der Waals surface area contributed by atoms with Crippen molar-refractivity contribution in [3.63, 3.8) is 0 Å². The minimum absolute atomic E-state index is 0.283. The van der Waals surface area contributed by atoms with Gasteiger partial charge in [0.1, 0.15) is 0 Å². The van der Waals surface area contributed by atoms with E-state index in [0.717, 1.165) is 0 Å². The Morgan fingerprint density at radius 2 is 2.25 bits per heavy atom. The molecule has 4 heteroatoms. The number of rotatable bonds is 1. The minimum atomic E-state index is -0.762. The first-order chi connectivity index (χ1) is 5.49. The quantitative estimate of drug-likeness (QED) is 0.423. The molecule has 1 atom stereocenters. The zero-order valence-corrected chi connectivity index (χ0v) is 7.42. The van der Waals surface area contributed by atoms with Gasteiger partial charge in [-0.15, -0.1) is 0 Å². The fraction of sp³-hybridized carbons (Fsp3) is 0.750. The van der Waals surface area contributed by atoms with Gasteiger partial charge in [-0.05, 0) is 0 Å². The lowest BCUT2D eigenvalue weighted by Crippen LogP contribution is -2.32. The third-order valence-electron chi connectivity index (χ3n) is 2.04. The molecule has 0 saturated carbocycles. The van der Waals surface area contributed by atoms with E-state index in [4.69, 9.17) is 4.74 Å². The lowest BCUT2D eigenvalue weighted by atomic mass is 9.82. The van der Waals surface area contributed by atoms with Crippen LogP contribution >= 0.6 is 0 Å². The molecule has 0 aliphatic carbocycles. The van der Waals surface area contributed by atoms with Crippen LogP contribution in [-0.4, -0.2) is 25.7 Å². The van der Waals surface area contributed by atoms with E-state index in [1.165, 1.54) is 7.11 Å². The predicted molar refractivity (Wildman–Crippen MR) is 40.2 cm³/mol. The smallest absolute Gasteiger partial charge is 0.321 e. The van der Waals surface area contributed by atoms with Crippen LogP contribution in [-0.2, 0) is 19.1 Å². The van der Waals surface area contributed by atoms with Gasteiger partial charge < -0.3 is 9.47 Å². The minimum Gasteiger partial charge on any atom is -0.468 e. The average Bonchev–Trinajstić information content (AvgIpc) is 2.25. The van der Waals surface area contributed by atoms with Crippen molar-refractivity contribution in [2.75, 3.05) is 13.7 Å². The Balaban J connectivity index is 2.85. The van der Waals surface area contributed by atoms with Gasteiger partial charge in [-0.2, -0.15) is 0 Å². The summed E-state index contributed by atoms with van der Waals surface area (Å²) in [5, 5.41) is 0. The van der Waals surface area contributed by atoms with E-state index >= 15 is 0 Å². The Hall–Kier alpha value is -1.06. The third-order valence-corrected chi connectivity index (χ3v) is 2.04. The molecule has 0 bridgehead atoms. The Kier molecular flexibility index (Phi) is 2.08. The highest BCUT2D eigenvalue weighted by Crippen LogP contribution is 2.34. The van der Waals surface area contributed by atoms with Crippen LogP contribution in [0.25, 0.3) is 0 Å². The summed E-state index contributed by atoms with van der Waals surface area (Å²) >= 11 is 0. The van der Waals surface area contributed by atoms with Gasteiger partial charge in [-0.3, -0.25) is 9.59 Å². The molecule has 0 N–H and O–H groups in total. The highest BCUT2D eigenvalue weighted by Gasteiger charge is 2.49. The van der Waals surface area contributed by atoms with Crippen molar-refractivity contribution < 1.29 is 19.1 Å². The van der Waals surface area contributed by atoms with Crippen molar-refractivity contribution >= 4 is 11.9 Å². The van der Waals surface area contributed by atoms with Crippen LogP contribution in [0.2, 0.25) is 0 Å². The Bertz CT molecular complexity index is 219. The molecule has 68 valence electrons. The normalized spacial score (nSPS) is 26.6. The van der Waals surface area contributed by atoms with Crippen LogP contribution in [0.5, 0.6) is 0 Å². The van der Waals surface area contributed by atoms with Gasteiger partial charge in [0.05, 0.1) is 13.7 Å². The molecule has 1 saturated heterocycles. The van der Waals surface area contributed by atoms with Crippen LogP contribution in [0, 0.1) is 11.3 Å². The molecule has 4 nitrogen and oxygen atoms in total. The van der Waals surface area contributed by atoms with Gasteiger partial charge in [-0.25, -0.2) is 0 Å². The zero-order chi connectivity index (χ0) is 9.35. The zero-order valence-electron chi connectivity index (χ0n) is 7.42. The number of carbonyl (C=O) groups excluding carboxylic acids is 2. The summed E-state index contributed by atoms with van der Waals surface area (Å²) < 4.78 is 9.26. The van der Waals surface area contributed by atoms with E-state index in [2.05, 4.69) is 4.74 Å². The molecular weight excluding hydrogens is 160 g/mol. The molecule has 1 rings (SSSR count). The number of methoxy groups -OCH3 is 1. The Morgan fingerprint density at radius 3 is 2.58 bits per heavy atom. The monoisotopic (exact) mass is 172 g/mol. The molecule has 0 aromatic heterocycles. The number of cyclic esters (lactones) is 1. The molecule has 1 heterocycles. The van der Waals surface area contributed by atoms with Crippen LogP contribution in [0.15, 0.2) is 0 Å². The lowest BCUT2D eigenvalue weighted by Gasteiger charge is -2.18. The van der Waals surface area contributed by atoms with Crippen molar-refractivity contribution in [3.8, 4) is 0 Å². The van der Waals surface area contributed by atoms with Gasteiger partial charge in [0, 0.05) is 5.41 Å². The van der Waals surface area contributed by atoms with Gasteiger partial charge in [0.2, 0.25) is 0 Å². The summed E-state index contributed by atoms with van der Waals surface area (Å²) in [6, 6.07) is 0. The lowest BCUT2D eigenvalue weighted by molar-refractivity contribution is -0.155. The number of hydrogen-bond acceptors (Lipinski definition) is 4. The van der Waals surface area contributed by atoms with Crippen molar-refractivity contribution in [1.82, 2.24) is 0 Å². The second-order valence-electron chi connectivity index (χ2n) is 3.55. The molecule has 12 heavy (non-hydrogen) atoms. The Morgan fingerprint density at radius 1 is 1.67 bits per heavy atom. The van der Waals surface area contributed by atoms with Crippen molar-refractivity contribution in [1.29, 1.82) is 0 Å². The van der Waals surface area contributed by atoms with Crippen LogP contribution in [0.1, 0.15) is 13.8 Å². The van der Waals surface area contributed by atoms with Crippen LogP contribution < -0.4 is 0 Å². The first-order valence-corrected chi connectivity index (χ1v) is 3.73. The van der Waals surface area contributed by atoms with E-state index in [-0.39, 0.29) is 6.61 Å². The molecule has 1 unspecified atom stereocenters. The van der Waals surface area contributed by atoms with Crippen LogP contribution in [0.4, 0.5) is 0 Å². The van der Waals surface area contributed by atoms with Gasteiger partial charge >= 0.3 is 11.9 Å². The largest absolute Gasteiger partial charge is 0.468 e. The van der Waals surface area contributed by atoms with E-state index in [1.807, 2.05) is 0 Å². The molecule has 0 aromatic carbocycles. The highest BCUT2D eigenvalue weighted by molar-refractivity contribution is 5.97. The molecule has 1 fully saturated rings. The second-order valence-corrected chi connectivity index (χ2v) is 3.55. The maximum atomic E-state index is 11.1. The van der Waals surface area contributed by atoms with Crippen molar-refractivity contribution in [3.05, 3.63) is 0 Å². The maximum Gasteiger partial charge on any atom is 0.321 e. The summed E-state index contributed by atoms with van der Waals surface area (Å²) in [5.74, 6) is -1.75. The first-order valence-electron chi connectivity index (χ1n) is 3.73. The second kappa shape index (κ2) is 2.77. The summed E-state index contributed by atoms with van der Waals surface area (Å²) in [7, 11) is 1.27. The average molecular weight is 172 g/mol. The highest BCUT2D eigenvalue weighted by atomic mass is 16.6. The standard InChI is InChI=1S/C8H12O4/c1-8(2)4-12-7(10)5(8)6(9)11-3/h5H,4H2,1-3H3. The molecule has 1 aliphatic rings. The number of esters is 2. The van der Waals surface area contributed by atoms with Crippen molar-refractivity contribution in [2.45, 2.75) is 13.8 Å². The molecule has 0 radical (unpaired) electrons. The fourth-order valence-electron chi connectivity index (χ4n) is 1.28. The van der Waals surface area contributed by atoms with E-state index in [9.17, 15) is 9.59 Å². The molecule has 0 spiro atoms. The van der Waals surface area contributed by atoms with Gasteiger partial charge in [0.25, 0.3) is 0 Å². The van der Waals surface area contributed by atoms with E-state index in [1.54, 1.807) is 13.8 Å². The number of hydrogen-bond donors (Lipinski definition) is 0.